The van der Waals surface area contributed by atoms with Crippen LogP contribution >= 0.6 is 0 Å². The first-order valence-corrected chi connectivity index (χ1v) is 6.18. The molecular weight excluding hydrogens is 272 g/mol. The van der Waals surface area contributed by atoms with Crippen LogP contribution in [0.5, 0.6) is 0 Å². The number of hydrogen-bond acceptors (Lipinski definition) is 4. The van der Waals surface area contributed by atoms with Crippen molar-refractivity contribution in [2.45, 2.75) is 13.5 Å². The van der Waals surface area contributed by atoms with Crippen LogP contribution in [0.3, 0.4) is 0 Å². The Morgan fingerprint density at radius 3 is 2.86 bits per heavy atom. The molecule has 0 aliphatic carbocycles. The van der Waals surface area contributed by atoms with Crippen molar-refractivity contribution in [1.29, 1.82) is 0 Å². The number of aromatic nitrogens is 3. The highest BCUT2D eigenvalue weighted by atomic mass is 16.4. The molecule has 1 aromatic heterocycles. The molecule has 0 saturated heterocycles. The molecule has 2 N–H and O–H groups in total. The third-order valence-corrected chi connectivity index (χ3v) is 2.73. The van der Waals surface area contributed by atoms with Gasteiger partial charge >= 0.3 is 5.97 Å². The molecule has 2 aromatic rings. The first-order chi connectivity index (χ1) is 10.0. The van der Waals surface area contributed by atoms with Crippen molar-refractivity contribution in [2.75, 3.05) is 5.32 Å². The highest BCUT2D eigenvalue weighted by Crippen LogP contribution is 2.16. The van der Waals surface area contributed by atoms with Crippen molar-refractivity contribution in [2.24, 2.45) is 0 Å². The number of aliphatic carboxylic acids is 1. The summed E-state index contributed by atoms with van der Waals surface area (Å²) in [5.74, 6) is -1.21. The number of benzene rings is 1. The van der Waals surface area contributed by atoms with Crippen LogP contribution in [-0.4, -0.2) is 31.7 Å². The average Bonchev–Trinajstić information content (AvgIpc) is 2.90. The lowest BCUT2D eigenvalue weighted by Crippen LogP contribution is -2.19. The van der Waals surface area contributed by atoms with Crippen LogP contribution in [0.1, 0.15) is 11.1 Å². The number of nitrogens with one attached hydrogen (secondary N) is 1. The van der Waals surface area contributed by atoms with Crippen LogP contribution in [0.15, 0.2) is 36.9 Å². The van der Waals surface area contributed by atoms with Crippen molar-refractivity contribution < 1.29 is 14.7 Å². The van der Waals surface area contributed by atoms with E-state index in [2.05, 4.69) is 15.4 Å². The Bertz CT molecular complexity index is 678. The maximum atomic E-state index is 11.8. The van der Waals surface area contributed by atoms with Crippen LogP contribution in [-0.2, 0) is 16.1 Å². The van der Waals surface area contributed by atoms with Gasteiger partial charge in [-0.1, -0.05) is 6.07 Å². The van der Waals surface area contributed by atoms with E-state index in [0.717, 1.165) is 17.2 Å². The van der Waals surface area contributed by atoms with Gasteiger partial charge in [-0.3, -0.25) is 4.79 Å². The summed E-state index contributed by atoms with van der Waals surface area (Å²) in [7, 11) is 0. The summed E-state index contributed by atoms with van der Waals surface area (Å²) >= 11 is 0. The number of nitrogens with zero attached hydrogens (tertiary/aromatic N) is 3. The molecule has 1 heterocycles. The zero-order valence-corrected chi connectivity index (χ0v) is 11.4. The summed E-state index contributed by atoms with van der Waals surface area (Å²) in [5.41, 5.74) is 2.29. The predicted octanol–water partition coefficient (Wildman–Crippen LogP) is 1.32. The van der Waals surface area contributed by atoms with Gasteiger partial charge in [-0.25, -0.2) is 14.5 Å². The molecule has 0 bridgehead atoms. The summed E-state index contributed by atoms with van der Waals surface area (Å²) in [6.45, 7) is 1.92. The van der Waals surface area contributed by atoms with Gasteiger partial charge in [0.05, 0.1) is 0 Å². The van der Waals surface area contributed by atoms with E-state index in [9.17, 15) is 9.59 Å². The standard InChI is InChI=1S/C14H14N4O3/c1-10-6-12(4-2-11(10)3-5-14(20)21)17-13(19)7-18-9-15-8-16-18/h2-6,8-9H,7H2,1H3,(H,17,19)(H,20,21). The molecule has 0 spiro atoms. The fraction of sp³-hybridized carbons (Fsp3) is 0.143. The van der Waals surface area contributed by atoms with Crippen LogP contribution in [0.2, 0.25) is 0 Å². The minimum absolute atomic E-state index is 0.0831. The fourth-order valence-corrected chi connectivity index (χ4v) is 1.76. The molecule has 7 heteroatoms. The molecule has 2 rings (SSSR count). The molecule has 0 atom stereocenters. The third-order valence-electron chi connectivity index (χ3n) is 2.73. The van der Waals surface area contributed by atoms with E-state index in [1.54, 1.807) is 18.2 Å². The van der Waals surface area contributed by atoms with E-state index in [0.29, 0.717) is 5.69 Å². The van der Waals surface area contributed by atoms with E-state index in [1.807, 2.05) is 6.92 Å². The van der Waals surface area contributed by atoms with E-state index < -0.39 is 5.97 Å². The molecule has 1 aromatic carbocycles. The number of carboxylic acids is 1. The molecule has 0 fully saturated rings. The number of rotatable bonds is 5. The Morgan fingerprint density at radius 1 is 1.43 bits per heavy atom. The quantitative estimate of drug-likeness (QED) is 0.808. The number of hydrogen-bond donors (Lipinski definition) is 2. The van der Waals surface area contributed by atoms with Crippen LogP contribution in [0.4, 0.5) is 5.69 Å². The monoisotopic (exact) mass is 286 g/mol. The normalized spacial score (nSPS) is 10.7. The van der Waals surface area contributed by atoms with Crippen molar-refractivity contribution in [3.63, 3.8) is 0 Å². The van der Waals surface area contributed by atoms with E-state index in [1.165, 1.54) is 23.4 Å². The van der Waals surface area contributed by atoms with Gasteiger partial charge in [-0.05, 0) is 36.3 Å². The number of anilines is 1. The molecule has 0 aliphatic heterocycles. The second kappa shape index (κ2) is 6.47. The topological polar surface area (TPSA) is 97.1 Å². The molecule has 0 aliphatic rings. The van der Waals surface area contributed by atoms with Gasteiger partial charge in [0.15, 0.2) is 0 Å². The van der Waals surface area contributed by atoms with Crippen molar-refractivity contribution in [3.05, 3.63) is 48.1 Å². The summed E-state index contributed by atoms with van der Waals surface area (Å²) in [6, 6.07) is 5.24. The Morgan fingerprint density at radius 2 is 2.24 bits per heavy atom. The maximum Gasteiger partial charge on any atom is 0.328 e. The Kier molecular flexibility index (Phi) is 4.45. The Hall–Kier alpha value is -2.96. The van der Waals surface area contributed by atoms with Crippen LogP contribution in [0.25, 0.3) is 6.08 Å². The third kappa shape index (κ3) is 4.27. The highest BCUT2D eigenvalue weighted by Gasteiger charge is 2.05. The number of carbonyl (C=O) groups is 2. The number of carboxylic acid groups (broad SMARTS) is 1. The van der Waals surface area contributed by atoms with E-state index in [4.69, 9.17) is 5.11 Å². The maximum absolute atomic E-state index is 11.8. The summed E-state index contributed by atoms with van der Waals surface area (Å²) in [6.07, 6.45) is 5.41. The Balaban J connectivity index is 2.03. The average molecular weight is 286 g/mol. The zero-order chi connectivity index (χ0) is 15.2. The molecule has 0 radical (unpaired) electrons. The molecule has 0 saturated carbocycles. The summed E-state index contributed by atoms with van der Waals surface area (Å²) in [4.78, 5) is 26.0. The lowest BCUT2D eigenvalue weighted by atomic mass is 10.1. The van der Waals surface area contributed by atoms with Gasteiger partial charge in [0.1, 0.15) is 19.2 Å². The molecule has 108 valence electrons. The number of aryl methyl sites for hydroxylation is 1. The summed E-state index contributed by atoms with van der Waals surface area (Å²) in [5, 5.41) is 15.2. The fourth-order valence-electron chi connectivity index (χ4n) is 1.76. The first kappa shape index (κ1) is 14.4. The molecule has 0 unspecified atom stereocenters. The second-order valence-corrected chi connectivity index (χ2v) is 4.38. The zero-order valence-electron chi connectivity index (χ0n) is 11.4. The Labute approximate surface area is 120 Å². The SMILES string of the molecule is Cc1cc(NC(=O)Cn2cncn2)ccc1C=CC(=O)O. The van der Waals surface area contributed by atoms with Crippen LogP contribution in [0, 0.1) is 6.92 Å². The van der Waals surface area contributed by atoms with Gasteiger partial charge in [0.25, 0.3) is 0 Å². The van der Waals surface area contributed by atoms with Crippen molar-refractivity contribution >= 4 is 23.6 Å². The van der Waals surface area contributed by atoms with Crippen LogP contribution < -0.4 is 5.32 Å². The molecular formula is C14H14N4O3. The van der Waals surface area contributed by atoms with Gasteiger partial charge in [-0.15, -0.1) is 0 Å². The predicted molar refractivity (Wildman–Crippen MR) is 76.5 cm³/mol. The lowest BCUT2D eigenvalue weighted by Gasteiger charge is -2.07. The minimum Gasteiger partial charge on any atom is -0.478 e. The highest BCUT2D eigenvalue weighted by molar-refractivity contribution is 5.91. The van der Waals surface area contributed by atoms with Crippen molar-refractivity contribution in [1.82, 2.24) is 14.8 Å². The van der Waals surface area contributed by atoms with E-state index in [-0.39, 0.29) is 12.5 Å². The molecule has 21 heavy (non-hydrogen) atoms. The van der Waals surface area contributed by atoms with Gasteiger partial charge in [0, 0.05) is 11.8 Å². The van der Waals surface area contributed by atoms with Gasteiger partial charge in [0.2, 0.25) is 5.91 Å². The molecule has 1 amide bonds. The summed E-state index contributed by atoms with van der Waals surface area (Å²) < 4.78 is 1.42. The number of carbonyl (C=O) groups excluding carboxylic acids is 1. The largest absolute Gasteiger partial charge is 0.478 e. The van der Waals surface area contributed by atoms with Gasteiger partial charge in [-0.2, -0.15) is 5.10 Å². The first-order valence-electron chi connectivity index (χ1n) is 6.18. The molecule has 7 nitrogen and oxygen atoms in total. The van der Waals surface area contributed by atoms with Crippen molar-refractivity contribution in [3.8, 4) is 0 Å². The number of amides is 1. The van der Waals surface area contributed by atoms with Gasteiger partial charge < -0.3 is 10.4 Å². The van der Waals surface area contributed by atoms with E-state index >= 15 is 0 Å². The second-order valence-electron chi connectivity index (χ2n) is 4.38. The minimum atomic E-state index is -1.00. The smallest absolute Gasteiger partial charge is 0.328 e. The lowest BCUT2D eigenvalue weighted by molar-refractivity contribution is -0.131.